The molecule has 110 valence electrons. The van der Waals surface area contributed by atoms with Gasteiger partial charge in [0.05, 0.1) is 11.2 Å². The fourth-order valence-electron chi connectivity index (χ4n) is 2.61. The maximum atomic E-state index is 10.6. The molecule has 21 heavy (non-hydrogen) atoms. The molecular weight excluding hydrogens is 266 g/mol. The first-order valence-electron chi connectivity index (χ1n) is 7.06. The molecule has 0 fully saturated rings. The topological polar surface area (TPSA) is 68.8 Å². The Balaban J connectivity index is 1.94. The van der Waals surface area contributed by atoms with E-state index in [1.54, 1.807) is 4.68 Å². The highest BCUT2D eigenvalue weighted by Crippen LogP contribution is 2.25. The van der Waals surface area contributed by atoms with Gasteiger partial charge in [0.15, 0.2) is 0 Å². The van der Waals surface area contributed by atoms with Crippen LogP contribution in [0, 0.1) is 0 Å². The molecule has 3 aromatic rings. The van der Waals surface area contributed by atoms with Gasteiger partial charge in [-0.05, 0) is 19.9 Å². The van der Waals surface area contributed by atoms with Crippen molar-refractivity contribution in [3.05, 3.63) is 42.1 Å². The van der Waals surface area contributed by atoms with E-state index in [4.69, 9.17) is 0 Å². The Morgan fingerprint density at radius 2 is 2.00 bits per heavy atom. The number of aliphatic hydroxyl groups excluding tert-OH is 1. The van der Waals surface area contributed by atoms with Crippen molar-refractivity contribution >= 4 is 10.9 Å². The minimum absolute atomic E-state index is 0.218. The second-order valence-electron chi connectivity index (χ2n) is 5.46. The Kier molecular flexibility index (Phi) is 3.47. The third-order valence-corrected chi connectivity index (χ3v) is 3.61. The molecule has 0 aliphatic carbocycles. The van der Waals surface area contributed by atoms with Gasteiger partial charge in [0.25, 0.3) is 0 Å². The Morgan fingerprint density at radius 3 is 2.76 bits per heavy atom. The molecule has 1 N–H and O–H groups in total. The third kappa shape index (κ3) is 2.42. The maximum absolute atomic E-state index is 10.6. The van der Waals surface area contributed by atoms with Crippen LogP contribution in [0.25, 0.3) is 10.9 Å². The zero-order chi connectivity index (χ0) is 15.0. The van der Waals surface area contributed by atoms with Crippen LogP contribution in [0.15, 0.2) is 30.6 Å². The summed E-state index contributed by atoms with van der Waals surface area (Å²) < 4.78 is 3.62. The van der Waals surface area contributed by atoms with Crippen molar-refractivity contribution in [1.29, 1.82) is 0 Å². The number of aliphatic hydroxyl groups is 1. The predicted molar refractivity (Wildman–Crippen MR) is 79.8 cm³/mol. The van der Waals surface area contributed by atoms with Crippen LogP contribution in [-0.2, 0) is 13.5 Å². The molecule has 0 amide bonds. The first-order chi connectivity index (χ1) is 10.1. The summed E-state index contributed by atoms with van der Waals surface area (Å²) >= 11 is 0. The quantitative estimate of drug-likeness (QED) is 0.796. The van der Waals surface area contributed by atoms with Crippen LogP contribution in [0.5, 0.6) is 0 Å². The summed E-state index contributed by atoms with van der Waals surface area (Å²) in [7, 11) is 1.88. The number of para-hydroxylation sites is 1. The van der Waals surface area contributed by atoms with Crippen LogP contribution in [0.4, 0.5) is 0 Å². The molecule has 6 heteroatoms. The van der Waals surface area contributed by atoms with Crippen molar-refractivity contribution in [2.45, 2.75) is 32.4 Å². The lowest BCUT2D eigenvalue weighted by atomic mass is 10.1. The van der Waals surface area contributed by atoms with E-state index in [0.29, 0.717) is 12.1 Å². The minimum Gasteiger partial charge on any atom is -0.386 e. The molecule has 3 rings (SSSR count). The van der Waals surface area contributed by atoms with Crippen molar-refractivity contribution in [3.8, 4) is 0 Å². The Labute approximate surface area is 123 Å². The summed E-state index contributed by atoms with van der Waals surface area (Å²) in [5.41, 5.74) is 1.70. The minimum atomic E-state index is -0.696. The highest BCUT2D eigenvalue weighted by Gasteiger charge is 2.20. The number of hydrogen-bond acceptors (Lipinski definition) is 4. The molecule has 1 aromatic carbocycles. The van der Waals surface area contributed by atoms with Gasteiger partial charge in [0.1, 0.15) is 18.3 Å². The normalized spacial score (nSPS) is 13.2. The highest BCUT2D eigenvalue weighted by molar-refractivity contribution is 5.82. The number of fused-ring (bicyclic) bond motifs is 1. The molecule has 0 saturated carbocycles. The zero-order valence-electron chi connectivity index (χ0n) is 12.4. The summed E-state index contributed by atoms with van der Waals surface area (Å²) in [4.78, 5) is 4.25. The van der Waals surface area contributed by atoms with E-state index >= 15 is 0 Å². The summed E-state index contributed by atoms with van der Waals surface area (Å²) in [6.45, 7) is 4.08. The van der Waals surface area contributed by atoms with Gasteiger partial charge in [0, 0.05) is 24.9 Å². The maximum Gasteiger partial charge on any atom is 0.138 e. The number of rotatable bonds is 4. The average molecular weight is 285 g/mol. The molecular formula is C15H19N5O. The number of aryl methyl sites for hydroxylation is 1. The van der Waals surface area contributed by atoms with E-state index in [1.807, 2.05) is 49.8 Å². The van der Waals surface area contributed by atoms with Crippen molar-refractivity contribution in [3.63, 3.8) is 0 Å². The fourth-order valence-corrected chi connectivity index (χ4v) is 2.61. The van der Waals surface area contributed by atoms with E-state index in [-0.39, 0.29) is 6.04 Å². The highest BCUT2D eigenvalue weighted by atomic mass is 16.3. The lowest BCUT2D eigenvalue weighted by Gasteiger charge is -2.12. The number of nitrogens with zero attached hydrogens (tertiary/aromatic N) is 5. The van der Waals surface area contributed by atoms with E-state index < -0.39 is 6.10 Å². The summed E-state index contributed by atoms with van der Waals surface area (Å²) in [5, 5.41) is 20.2. The molecule has 0 aliphatic heterocycles. The van der Waals surface area contributed by atoms with Crippen molar-refractivity contribution < 1.29 is 5.11 Å². The van der Waals surface area contributed by atoms with Gasteiger partial charge in [-0.1, -0.05) is 18.2 Å². The Bertz CT molecular complexity index is 758. The second-order valence-corrected chi connectivity index (χ2v) is 5.46. The molecule has 0 saturated heterocycles. The first kappa shape index (κ1) is 13.8. The van der Waals surface area contributed by atoms with Crippen LogP contribution in [0.2, 0.25) is 0 Å². The van der Waals surface area contributed by atoms with Gasteiger partial charge in [-0.2, -0.15) is 10.2 Å². The van der Waals surface area contributed by atoms with Gasteiger partial charge in [0.2, 0.25) is 0 Å². The zero-order valence-corrected chi connectivity index (χ0v) is 12.4. The number of hydrogen-bond donors (Lipinski definition) is 1. The van der Waals surface area contributed by atoms with Crippen LogP contribution < -0.4 is 0 Å². The van der Waals surface area contributed by atoms with Gasteiger partial charge < -0.3 is 5.11 Å². The summed E-state index contributed by atoms with van der Waals surface area (Å²) in [6, 6.07) is 8.12. The Morgan fingerprint density at radius 1 is 1.24 bits per heavy atom. The van der Waals surface area contributed by atoms with Gasteiger partial charge in [-0.3, -0.25) is 4.68 Å². The first-order valence-corrected chi connectivity index (χ1v) is 7.06. The SMILES string of the molecule is CC(C)n1ncnc1CC(O)c1nn(C)c2ccccc12. The number of aromatic nitrogens is 5. The third-order valence-electron chi connectivity index (χ3n) is 3.61. The van der Waals surface area contributed by atoms with Gasteiger partial charge >= 0.3 is 0 Å². The van der Waals surface area contributed by atoms with Crippen LogP contribution in [-0.4, -0.2) is 29.7 Å². The monoisotopic (exact) mass is 285 g/mol. The molecule has 1 atom stereocenters. The van der Waals surface area contributed by atoms with E-state index in [1.165, 1.54) is 6.33 Å². The standard InChI is InChI=1S/C15H19N5O/c1-10(2)20-14(16-9-17-20)8-13(21)15-11-6-4-5-7-12(11)19(3)18-15/h4-7,9-10,13,21H,8H2,1-3H3. The molecule has 2 heterocycles. The Hall–Kier alpha value is -2.21. The fraction of sp³-hybridized carbons (Fsp3) is 0.400. The van der Waals surface area contributed by atoms with Crippen molar-refractivity contribution in [2.75, 3.05) is 0 Å². The predicted octanol–water partition coefficient (Wildman–Crippen LogP) is 2.02. The van der Waals surface area contributed by atoms with E-state index in [0.717, 1.165) is 16.7 Å². The van der Waals surface area contributed by atoms with Gasteiger partial charge in [-0.25, -0.2) is 9.67 Å². The molecule has 0 bridgehead atoms. The number of benzene rings is 1. The molecule has 0 radical (unpaired) electrons. The molecule has 0 aliphatic rings. The summed E-state index contributed by atoms with van der Waals surface area (Å²) in [6.07, 6.45) is 1.23. The molecule has 2 aromatic heterocycles. The average Bonchev–Trinajstić information content (AvgIpc) is 3.04. The van der Waals surface area contributed by atoms with Crippen molar-refractivity contribution in [1.82, 2.24) is 24.5 Å². The van der Waals surface area contributed by atoms with E-state index in [9.17, 15) is 5.11 Å². The molecule has 6 nitrogen and oxygen atoms in total. The lowest BCUT2D eigenvalue weighted by Crippen LogP contribution is -2.12. The van der Waals surface area contributed by atoms with Crippen molar-refractivity contribution in [2.24, 2.45) is 7.05 Å². The largest absolute Gasteiger partial charge is 0.386 e. The smallest absolute Gasteiger partial charge is 0.138 e. The molecule has 1 unspecified atom stereocenters. The summed E-state index contributed by atoms with van der Waals surface area (Å²) in [5.74, 6) is 0.771. The van der Waals surface area contributed by atoms with Crippen LogP contribution >= 0.6 is 0 Å². The molecule has 0 spiro atoms. The lowest BCUT2D eigenvalue weighted by molar-refractivity contribution is 0.169. The van der Waals surface area contributed by atoms with Gasteiger partial charge in [-0.15, -0.1) is 0 Å². The van der Waals surface area contributed by atoms with E-state index in [2.05, 4.69) is 15.2 Å². The van der Waals surface area contributed by atoms with Crippen LogP contribution in [0.1, 0.15) is 37.5 Å². The van der Waals surface area contributed by atoms with Crippen LogP contribution in [0.3, 0.4) is 0 Å². The second kappa shape index (κ2) is 5.29.